The molecule has 1 aromatic rings. The molecule has 0 spiro atoms. The number of hydrogen-bond donors (Lipinski definition) is 1. The zero-order chi connectivity index (χ0) is 14.8. The SMILES string of the molecule is CCCCOCCOCC(=O)Nc1nnc(C)c(C)n1. The van der Waals surface area contributed by atoms with Crippen LogP contribution >= 0.6 is 0 Å². The van der Waals surface area contributed by atoms with Crippen LogP contribution in [0.4, 0.5) is 5.95 Å². The van der Waals surface area contributed by atoms with Crippen LogP contribution in [0.5, 0.6) is 0 Å². The molecule has 0 atom stereocenters. The first-order valence-electron chi connectivity index (χ1n) is 6.76. The third-order valence-corrected chi connectivity index (χ3v) is 2.59. The van der Waals surface area contributed by atoms with Crippen molar-refractivity contribution in [1.29, 1.82) is 0 Å². The van der Waals surface area contributed by atoms with Crippen LogP contribution in [-0.2, 0) is 14.3 Å². The maximum atomic E-state index is 11.6. The zero-order valence-corrected chi connectivity index (χ0v) is 12.3. The lowest BCUT2D eigenvalue weighted by Gasteiger charge is -2.06. The molecule has 7 nitrogen and oxygen atoms in total. The Balaban J connectivity index is 2.15. The molecular formula is C13H22N4O3. The van der Waals surface area contributed by atoms with Crippen molar-refractivity contribution in [3.8, 4) is 0 Å². The van der Waals surface area contributed by atoms with Gasteiger partial charge in [0, 0.05) is 6.61 Å². The van der Waals surface area contributed by atoms with E-state index in [1.165, 1.54) is 0 Å². The van der Waals surface area contributed by atoms with E-state index in [0.717, 1.165) is 30.8 Å². The molecule has 0 aliphatic heterocycles. The second-order valence-electron chi connectivity index (χ2n) is 4.37. The number of nitrogens with one attached hydrogen (secondary N) is 1. The number of anilines is 1. The van der Waals surface area contributed by atoms with Crippen molar-refractivity contribution < 1.29 is 14.3 Å². The molecule has 0 bridgehead atoms. The van der Waals surface area contributed by atoms with Crippen LogP contribution in [0.1, 0.15) is 31.2 Å². The van der Waals surface area contributed by atoms with Crippen LogP contribution in [0.15, 0.2) is 0 Å². The fourth-order valence-corrected chi connectivity index (χ4v) is 1.30. The molecule has 7 heteroatoms. The number of unbranched alkanes of at least 4 members (excludes halogenated alkanes) is 1. The molecule has 0 aliphatic carbocycles. The number of ether oxygens (including phenoxy) is 2. The van der Waals surface area contributed by atoms with Crippen LogP contribution in [0.3, 0.4) is 0 Å². The number of aryl methyl sites for hydroxylation is 2. The normalized spacial score (nSPS) is 10.6. The Labute approximate surface area is 119 Å². The summed E-state index contributed by atoms with van der Waals surface area (Å²) >= 11 is 0. The fraction of sp³-hybridized carbons (Fsp3) is 0.692. The first-order chi connectivity index (χ1) is 9.63. The second kappa shape index (κ2) is 9.33. The minimum atomic E-state index is -0.302. The second-order valence-corrected chi connectivity index (χ2v) is 4.37. The molecular weight excluding hydrogens is 260 g/mol. The molecule has 20 heavy (non-hydrogen) atoms. The number of nitrogens with zero attached hydrogens (tertiary/aromatic N) is 3. The van der Waals surface area contributed by atoms with Crippen molar-refractivity contribution in [2.24, 2.45) is 0 Å². The molecule has 1 rings (SSSR count). The van der Waals surface area contributed by atoms with Gasteiger partial charge in [-0.1, -0.05) is 13.3 Å². The van der Waals surface area contributed by atoms with Gasteiger partial charge in [-0.2, -0.15) is 5.10 Å². The summed E-state index contributed by atoms with van der Waals surface area (Å²) in [6.07, 6.45) is 2.14. The predicted molar refractivity (Wildman–Crippen MR) is 74.5 cm³/mol. The largest absolute Gasteiger partial charge is 0.379 e. The number of aromatic nitrogens is 3. The van der Waals surface area contributed by atoms with Gasteiger partial charge in [0.2, 0.25) is 5.95 Å². The molecule has 1 amide bonds. The molecule has 0 saturated heterocycles. The number of amides is 1. The van der Waals surface area contributed by atoms with Gasteiger partial charge in [0.1, 0.15) is 6.61 Å². The van der Waals surface area contributed by atoms with Crippen molar-refractivity contribution in [3.63, 3.8) is 0 Å². The van der Waals surface area contributed by atoms with Crippen molar-refractivity contribution in [3.05, 3.63) is 11.4 Å². The molecule has 1 heterocycles. The van der Waals surface area contributed by atoms with Crippen LogP contribution in [-0.4, -0.2) is 47.5 Å². The zero-order valence-electron chi connectivity index (χ0n) is 12.3. The van der Waals surface area contributed by atoms with E-state index in [-0.39, 0.29) is 18.5 Å². The van der Waals surface area contributed by atoms with E-state index < -0.39 is 0 Å². The Morgan fingerprint density at radius 3 is 2.55 bits per heavy atom. The quantitative estimate of drug-likeness (QED) is 0.686. The molecule has 1 aromatic heterocycles. The van der Waals surface area contributed by atoms with E-state index in [1.54, 1.807) is 0 Å². The Bertz CT molecular complexity index is 426. The van der Waals surface area contributed by atoms with Crippen LogP contribution in [0, 0.1) is 13.8 Å². The highest BCUT2D eigenvalue weighted by Gasteiger charge is 2.06. The van der Waals surface area contributed by atoms with Gasteiger partial charge in [0.15, 0.2) is 0 Å². The molecule has 0 aliphatic rings. The van der Waals surface area contributed by atoms with Crippen LogP contribution in [0.2, 0.25) is 0 Å². The van der Waals surface area contributed by atoms with E-state index in [2.05, 4.69) is 27.4 Å². The third-order valence-electron chi connectivity index (χ3n) is 2.59. The first-order valence-corrected chi connectivity index (χ1v) is 6.76. The highest BCUT2D eigenvalue weighted by Crippen LogP contribution is 2.01. The van der Waals surface area contributed by atoms with Crippen molar-refractivity contribution in [2.75, 3.05) is 31.7 Å². The summed E-state index contributed by atoms with van der Waals surface area (Å²) in [4.78, 5) is 15.7. The molecule has 112 valence electrons. The van der Waals surface area contributed by atoms with E-state index in [4.69, 9.17) is 9.47 Å². The van der Waals surface area contributed by atoms with Crippen molar-refractivity contribution >= 4 is 11.9 Å². The smallest absolute Gasteiger partial charge is 0.252 e. The van der Waals surface area contributed by atoms with E-state index in [0.29, 0.717) is 13.2 Å². The number of rotatable bonds is 9. The van der Waals surface area contributed by atoms with Gasteiger partial charge in [-0.15, -0.1) is 5.10 Å². The van der Waals surface area contributed by atoms with Gasteiger partial charge >= 0.3 is 0 Å². The summed E-state index contributed by atoms with van der Waals surface area (Å²) in [6, 6.07) is 0. The maximum Gasteiger partial charge on any atom is 0.252 e. The number of carbonyl (C=O) groups is 1. The first kappa shape index (κ1) is 16.5. The highest BCUT2D eigenvalue weighted by atomic mass is 16.5. The molecule has 0 unspecified atom stereocenters. The van der Waals surface area contributed by atoms with Gasteiger partial charge < -0.3 is 9.47 Å². The van der Waals surface area contributed by atoms with E-state index >= 15 is 0 Å². The molecule has 0 aromatic carbocycles. The standard InChI is InChI=1S/C13H22N4O3/c1-4-5-6-19-7-8-20-9-12(18)15-13-14-10(2)11(3)16-17-13/h4-9H2,1-3H3,(H,14,15,17,18). The van der Waals surface area contributed by atoms with Crippen LogP contribution in [0.25, 0.3) is 0 Å². The summed E-state index contributed by atoms with van der Waals surface area (Å²) in [5.41, 5.74) is 1.48. The molecule has 0 radical (unpaired) electrons. The predicted octanol–water partition coefficient (Wildman–Crippen LogP) is 1.26. The van der Waals surface area contributed by atoms with Crippen LogP contribution < -0.4 is 5.32 Å². The minimum absolute atomic E-state index is 0.0482. The Morgan fingerprint density at radius 2 is 1.85 bits per heavy atom. The minimum Gasteiger partial charge on any atom is -0.379 e. The van der Waals surface area contributed by atoms with Gasteiger partial charge in [-0.05, 0) is 20.3 Å². The lowest BCUT2D eigenvalue weighted by molar-refractivity contribution is -0.121. The van der Waals surface area contributed by atoms with E-state index in [1.807, 2.05) is 13.8 Å². The molecule has 0 saturated carbocycles. The van der Waals surface area contributed by atoms with Gasteiger partial charge in [-0.3, -0.25) is 10.1 Å². The monoisotopic (exact) mass is 282 g/mol. The Hall–Kier alpha value is -1.60. The maximum absolute atomic E-state index is 11.6. The average Bonchev–Trinajstić information content (AvgIpc) is 2.42. The van der Waals surface area contributed by atoms with E-state index in [9.17, 15) is 4.79 Å². The Kier molecular flexibility index (Phi) is 7.67. The van der Waals surface area contributed by atoms with Gasteiger partial charge in [0.25, 0.3) is 5.91 Å². The lowest BCUT2D eigenvalue weighted by atomic mass is 10.4. The average molecular weight is 282 g/mol. The summed E-state index contributed by atoms with van der Waals surface area (Å²) in [5.74, 6) is -0.107. The molecule has 0 fully saturated rings. The fourth-order valence-electron chi connectivity index (χ4n) is 1.30. The summed E-state index contributed by atoms with van der Waals surface area (Å²) < 4.78 is 10.5. The molecule has 1 N–H and O–H groups in total. The van der Waals surface area contributed by atoms with Crippen molar-refractivity contribution in [2.45, 2.75) is 33.6 Å². The summed E-state index contributed by atoms with van der Waals surface area (Å²) in [7, 11) is 0. The van der Waals surface area contributed by atoms with Gasteiger partial charge in [0.05, 0.1) is 24.6 Å². The third kappa shape index (κ3) is 6.53. The van der Waals surface area contributed by atoms with Crippen molar-refractivity contribution in [1.82, 2.24) is 15.2 Å². The summed E-state index contributed by atoms with van der Waals surface area (Å²) in [6.45, 7) is 7.29. The summed E-state index contributed by atoms with van der Waals surface area (Å²) in [5, 5.41) is 10.2. The number of hydrogen-bond acceptors (Lipinski definition) is 6. The topological polar surface area (TPSA) is 86.2 Å². The lowest BCUT2D eigenvalue weighted by Crippen LogP contribution is -2.21. The Morgan fingerprint density at radius 1 is 1.10 bits per heavy atom. The number of carbonyl (C=O) groups excluding carboxylic acids is 1. The van der Waals surface area contributed by atoms with Gasteiger partial charge in [-0.25, -0.2) is 4.98 Å². The highest BCUT2D eigenvalue weighted by molar-refractivity contribution is 5.89.